The lowest BCUT2D eigenvalue weighted by Gasteiger charge is -2.38. The lowest BCUT2D eigenvalue weighted by molar-refractivity contribution is -0.122. The van der Waals surface area contributed by atoms with E-state index in [2.05, 4.69) is 15.5 Å². The van der Waals surface area contributed by atoms with Gasteiger partial charge in [-0.15, -0.1) is 0 Å². The van der Waals surface area contributed by atoms with Crippen LogP contribution in [0.4, 0.5) is 0 Å². The number of carbonyl (C=O) groups excluding carboxylic acids is 1. The molecule has 6 nitrogen and oxygen atoms in total. The standard InChI is InChI=1S/C20H21N3O3/c24-15-9-13(10-15)17(11-14-5-3-4-8-21-14)22-20(25)12-18-16-6-1-2-7-19(16)26-23-18/h1-8,13,15,17,24H,9-12H2,(H,22,25). The molecule has 0 bridgehead atoms. The number of aromatic nitrogens is 2. The van der Waals surface area contributed by atoms with E-state index in [0.717, 1.165) is 11.1 Å². The Morgan fingerprint density at radius 3 is 2.81 bits per heavy atom. The topological polar surface area (TPSA) is 88.3 Å². The van der Waals surface area contributed by atoms with Crippen molar-refractivity contribution in [2.24, 2.45) is 5.92 Å². The van der Waals surface area contributed by atoms with Gasteiger partial charge in [-0.3, -0.25) is 9.78 Å². The van der Waals surface area contributed by atoms with Crippen LogP contribution in [0.3, 0.4) is 0 Å². The molecule has 1 amide bonds. The van der Waals surface area contributed by atoms with Gasteiger partial charge in [-0.25, -0.2) is 0 Å². The third-order valence-corrected chi connectivity index (χ3v) is 5.00. The van der Waals surface area contributed by atoms with Crippen LogP contribution in [0.25, 0.3) is 11.0 Å². The number of carbonyl (C=O) groups is 1. The molecule has 1 atom stereocenters. The van der Waals surface area contributed by atoms with Gasteiger partial charge in [-0.05, 0) is 43.0 Å². The smallest absolute Gasteiger partial charge is 0.226 e. The first kappa shape index (κ1) is 16.7. The number of aliphatic hydroxyl groups is 1. The number of benzene rings is 1. The van der Waals surface area contributed by atoms with Crippen LogP contribution in [0.2, 0.25) is 0 Å². The number of hydrogen-bond donors (Lipinski definition) is 2. The number of amides is 1. The van der Waals surface area contributed by atoms with Gasteiger partial charge in [-0.2, -0.15) is 0 Å². The van der Waals surface area contributed by atoms with Crippen molar-refractivity contribution in [3.63, 3.8) is 0 Å². The van der Waals surface area contributed by atoms with E-state index in [9.17, 15) is 9.90 Å². The molecule has 1 unspecified atom stereocenters. The lowest BCUT2D eigenvalue weighted by atomic mass is 9.76. The summed E-state index contributed by atoms with van der Waals surface area (Å²) in [4.78, 5) is 17.0. The lowest BCUT2D eigenvalue weighted by Crippen LogP contribution is -2.48. The zero-order chi connectivity index (χ0) is 17.9. The summed E-state index contributed by atoms with van der Waals surface area (Å²) in [6.45, 7) is 0. The molecular formula is C20H21N3O3. The summed E-state index contributed by atoms with van der Waals surface area (Å²) >= 11 is 0. The van der Waals surface area contributed by atoms with E-state index in [1.807, 2.05) is 42.5 Å². The average molecular weight is 351 g/mol. The zero-order valence-corrected chi connectivity index (χ0v) is 14.3. The maximum absolute atomic E-state index is 12.6. The molecule has 2 N–H and O–H groups in total. The van der Waals surface area contributed by atoms with E-state index < -0.39 is 0 Å². The Labute approximate surface area is 151 Å². The van der Waals surface area contributed by atoms with E-state index in [-0.39, 0.29) is 30.4 Å². The van der Waals surface area contributed by atoms with Gasteiger partial charge >= 0.3 is 0 Å². The number of para-hydroxylation sites is 1. The molecule has 1 aliphatic rings. The molecule has 1 aromatic carbocycles. The summed E-state index contributed by atoms with van der Waals surface area (Å²) < 4.78 is 5.27. The van der Waals surface area contributed by atoms with Crippen LogP contribution in [0, 0.1) is 5.92 Å². The predicted molar refractivity (Wildman–Crippen MR) is 96.3 cm³/mol. The van der Waals surface area contributed by atoms with Gasteiger partial charge in [0.05, 0.1) is 12.5 Å². The molecule has 0 aliphatic heterocycles. The van der Waals surface area contributed by atoms with Gasteiger partial charge in [-0.1, -0.05) is 23.4 Å². The predicted octanol–water partition coefficient (Wildman–Crippen LogP) is 2.26. The Hall–Kier alpha value is -2.73. The third-order valence-electron chi connectivity index (χ3n) is 5.00. The molecule has 4 rings (SSSR count). The fraction of sp³-hybridized carbons (Fsp3) is 0.350. The Balaban J connectivity index is 1.45. The third kappa shape index (κ3) is 3.60. The van der Waals surface area contributed by atoms with Crippen molar-refractivity contribution in [3.05, 3.63) is 60.0 Å². The van der Waals surface area contributed by atoms with Crippen LogP contribution in [0.1, 0.15) is 24.2 Å². The molecule has 0 radical (unpaired) electrons. The second kappa shape index (κ2) is 7.25. The summed E-state index contributed by atoms with van der Waals surface area (Å²) in [5.41, 5.74) is 2.26. The van der Waals surface area contributed by atoms with E-state index >= 15 is 0 Å². The van der Waals surface area contributed by atoms with Gasteiger partial charge in [0, 0.05) is 29.7 Å². The van der Waals surface area contributed by atoms with Gasteiger partial charge in [0.2, 0.25) is 5.91 Å². The Kier molecular flexibility index (Phi) is 4.67. The van der Waals surface area contributed by atoms with Crippen LogP contribution in [-0.4, -0.2) is 33.3 Å². The van der Waals surface area contributed by atoms with Crippen molar-refractivity contribution in [3.8, 4) is 0 Å². The van der Waals surface area contributed by atoms with Crippen LogP contribution >= 0.6 is 0 Å². The highest BCUT2D eigenvalue weighted by Gasteiger charge is 2.35. The normalized spacial score (nSPS) is 20.5. The van der Waals surface area contributed by atoms with Crippen LogP contribution < -0.4 is 5.32 Å². The van der Waals surface area contributed by atoms with Gasteiger partial charge in [0.15, 0.2) is 5.58 Å². The van der Waals surface area contributed by atoms with Gasteiger partial charge in [0.1, 0.15) is 5.69 Å². The number of hydrogen-bond acceptors (Lipinski definition) is 5. The summed E-state index contributed by atoms with van der Waals surface area (Å²) in [5, 5.41) is 17.7. The molecular weight excluding hydrogens is 330 g/mol. The van der Waals surface area contributed by atoms with Crippen molar-refractivity contribution in [1.82, 2.24) is 15.5 Å². The summed E-state index contributed by atoms with van der Waals surface area (Å²) in [7, 11) is 0. The quantitative estimate of drug-likeness (QED) is 0.711. The minimum atomic E-state index is -0.261. The largest absolute Gasteiger partial charge is 0.393 e. The van der Waals surface area contributed by atoms with Crippen molar-refractivity contribution in [2.45, 2.75) is 37.8 Å². The fourth-order valence-corrected chi connectivity index (χ4v) is 3.51. The Morgan fingerprint density at radius 1 is 1.23 bits per heavy atom. The van der Waals surface area contributed by atoms with Crippen LogP contribution in [-0.2, 0) is 17.6 Å². The minimum absolute atomic E-state index is 0.0426. The van der Waals surface area contributed by atoms with E-state index in [1.165, 1.54) is 0 Å². The summed E-state index contributed by atoms with van der Waals surface area (Å²) in [6, 6.07) is 13.3. The maximum atomic E-state index is 12.6. The first-order valence-corrected chi connectivity index (χ1v) is 8.89. The van der Waals surface area contributed by atoms with E-state index in [0.29, 0.717) is 30.5 Å². The molecule has 134 valence electrons. The first-order valence-electron chi connectivity index (χ1n) is 8.89. The number of aliphatic hydroxyl groups excluding tert-OH is 1. The molecule has 1 fully saturated rings. The van der Waals surface area contributed by atoms with Crippen molar-refractivity contribution in [2.75, 3.05) is 0 Å². The number of nitrogens with one attached hydrogen (secondary N) is 1. The first-order chi connectivity index (χ1) is 12.7. The summed E-state index contributed by atoms with van der Waals surface area (Å²) in [5.74, 6) is 0.177. The maximum Gasteiger partial charge on any atom is 0.226 e. The highest BCUT2D eigenvalue weighted by atomic mass is 16.5. The fourth-order valence-electron chi connectivity index (χ4n) is 3.51. The van der Waals surface area contributed by atoms with Crippen LogP contribution in [0.15, 0.2) is 53.2 Å². The monoisotopic (exact) mass is 351 g/mol. The average Bonchev–Trinajstić information content (AvgIpc) is 3.02. The highest BCUT2D eigenvalue weighted by Crippen LogP contribution is 2.31. The second-order valence-corrected chi connectivity index (χ2v) is 6.89. The van der Waals surface area contributed by atoms with Crippen molar-refractivity contribution in [1.29, 1.82) is 0 Å². The van der Waals surface area contributed by atoms with E-state index in [4.69, 9.17) is 4.52 Å². The van der Waals surface area contributed by atoms with Crippen molar-refractivity contribution < 1.29 is 14.4 Å². The van der Waals surface area contributed by atoms with E-state index in [1.54, 1.807) is 6.20 Å². The molecule has 2 heterocycles. The number of pyridine rings is 1. The van der Waals surface area contributed by atoms with Crippen molar-refractivity contribution >= 4 is 16.9 Å². The molecule has 1 saturated carbocycles. The molecule has 2 aromatic heterocycles. The number of rotatable bonds is 6. The highest BCUT2D eigenvalue weighted by molar-refractivity contribution is 5.86. The number of nitrogens with zero attached hydrogens (tertiary/aromatic N) is 2. The molecule has 6 heteroatoms. The molecule has 0 spiro atoms. The Morgan fingerprint density at radius 2 is 2.04 bits per heavy atom. The Bertz CT molecular complexity index is 887. The molecule has 0 saturated heterocycles. The molecule has 1 aliphatic carbocycles. The van der Waals surface area contributed by atoms with Crippen LogP contribution in [0.5, 0.6) is 0 Å². The second-order valence-electron chi connectivity index (χ2n) is 6.89. The minimum Gasteiger partial charge on any atom is -0.393 e. The molecule has 26 heavy (non-hydrogen) atoms. The SMILES string of the molecule is O=C(Cc1noc2ccccc12)NC(Cc1ccccn1)C1CC(O)C1. The summed E-state index contributed by atoms with van der Waals surface area (Å²) in [6.07, 6.45) is 3.75. The van der Waals surface area contributed by atoms with Gasteiger partial charge in [0.25, 0.3) is 0 Å². The molecule has 3 aromatic rings. The number of fused-ring (bicyclic) bond motifs is 1. The zero-order valence-electron chi connectivity index (χ0n) is 14.3. The van der Waals surface area contributed by atoms with Gasteiger partial charge < -0.3 is 14.9 Å².